The van der Waals surface area contributed by atoms with Crippen LogP contribution < -0.4 is 10.1 Å². The van der Waals surface area contributed by atoms with Gasteiger partial charge in [0, 0.05) is 13.5 Å². The van der Waals surface area contributed by atoms with Crippen LogP contribution >= 0.6 is 11.8 Å². The van der Waals surface area contributed by atoms with Crippen LogP contribution in [0.2, 0.25) is 0 Å². The Morgan fingerprint density at radius 2 is 2.22 bits per heavy atom. The fourth-order valence-corrected chi connectivity index (χ4v) is 2.38. The van der Waals surface area contributed by atoms with Gasteiger partial charge in [-0.2, -0.15) is 0 Å². The Morgan fingerprint density at radius 1 is 1.50 bits per heavy atom. The number of ether oxygens (including phenoxy) is 1. The van der Waals surface area contributed by atoms with Crippen molar-refractivity contribution in [1.82, 2.24) is 5.32 Å². The third-order valence-electron chi connectivity index (χ3n) is 2.43. The molecule has 1 amide bonds. The fourth-order valence-electron chi connectivity index (χ4n) is 1.59. The molecule has 1 rings (SSSR count). The van der Waals surface area contributed by atoms with Gasteiger partial charge in [-0.25, -0.2) is 0 Å². The van der Waals surface area contributed by atoms with Crippen LogP contribution in [-0.2, 0) is 11.2 Å². The van der Waals surface area contributed by atoms with Gasteiger partial charge >= 0.3 is 0 Å². The van der Waals surface area contributed by atoms with Gasteiger partial charge in [-0.3, -0.25) is 4.79 Å². The summed E-state index contributed by atoms with van der Waals surface area (Å²) in [5, 5.41) is 12.6. The Hall–Kier alpha value is -1.36. The van der Waals surface area contributed by atoms with Crippen molar-refractivity contribution < 1.29 is 14.6 Å². The lowest BCUT2D eigenvalue weighted by Gasteiger charge is -2.12. The monoisotopic (exact) mass is 269 g/mol. The number of phenolic OH excluding ortho intramolecular Hbond substituents is 1. The third kappa shape index (κ3) is 4.14. The van der Waals surface area contributed by atoms with Crippen molar-refractivity contribution >= 4 is 17.7 Å². The molecule has 0 saturated heterocycles. The lowest BCUT2D eigenvalue weighted by molar-refractivity contribution is -0.118. The summed E-state index contributed by atoms with van der Waals surface area (Å²) in [7, 11) is 1.61. The van der Waals surface area contributed by atoms with Gasteiger partial charge in [0.05, 0.1) is 12.0 Å². The van der Waals surface area contributed by atoms with Crippen LogP contribution in [0.1, 0.15) is 19.4 Å². The molecule has 4 nitrogen and oxygen atoms in total. The zero-order valence-electron chi connectivity index (χ0n) is 10.9. The number of rotatable bonds is 6. The minimum absolute atomic E-state index is 0.0698. The lowest BCUT2D eigenvalue weighted by Crippen LogP contribution is -2.22. The molecule has 0 heterocycles. The average molecular weight is 269 g/mol. The number of nitrogens with one attached hydrogen (secondary N) is 1. The molecule has 1 aromatic carbocycles. The molecule has 0 aromatic heterocycles. The first kappa shape index (κ1) is 14.7. The van der Waals surface area contributed by atoms with Crippen molar-refractivity contribution in [3.8, 4) is 11.5 Å². The predicted molar refractivity (Wildman–Crippen MR) is 73.4 cm³/mol. The third-order valence-corrected chi connectivity index (χ3v) is 3.35. The minimum Gasteiger partial charge on any atom is -0.508 e. The molecule has 0 radical (unpaired) electrons. The predicted octanol–water partition coefficient (Wildman–Crippen LogP) is 2.19. The maximum Gasteiger partial charge on any atom is 0.216 e. The lowest BCUT2D eigenvalue weighted by atomic mass is 10.1. The molecule has 5 heteroatoms. The van der Waals surface area contributed by atoms with Crippen molar-refractivity contribution in [3.63, 3.8) is 0 Å². The summed E-state index contributed by atoms with van der Waals surface area (Å²) in [6.45, 7) is 4.03. The number of aromatic hydroxyl groups is 1. The molecule has 0 aliphatic heterocycles. The summed E-state index contributed by atoms with van der Waals surface area (Å²) in [6, 6.07) is 3.55. The van der Waals surface area contributed by atoms with Crippen LogP contribution in [0.25, 0.3) is 0 Å². The first-order valence-corrected chi connectivity index (χ1v) is 6.84. The summed E-state index contributed by atoms with van der Waals surface area (Å²) in [5.74, 6) is 1.86. The molecular weight excluding hydrogens is 250 g/mol. The van der Waals surface area contributed by atoms with Crippen molar-refractivity contribution in [3.05, 3.63) is 17.7 Å². The van der Waals surface area contributed by atoms with Gasteiger partial charge < -0.3 is 15.2 Å². The zero-order valence-corrected chi connectivity index (χ0v) is 11.8. The summed E-state index contributed by atoms with van der Waals surface area (Å²) >= 11 is 1.62. The first-order valence-electron chi connectivity index (χ1n) is 5.85. The summed E-state index contributed by atoms with van der Waals surface area (Å²) < 4.78 is 5.30. The Balaban J connectivity index is 2.82. The van der Waals surface area contributed by atoms with E-state index in [-0.39, 0.29) is 11.7 Å². The highest BCUT2D eigenvalue weighted by Gasteiger charge is 2.10. The van der Waals surface area contributed by atoms with Crippen LogP contribution in [0.4, 0.5) is 0 Å². The van der Waals surface area contributed by atoms with Gasteiger partial charge in [-0.15, -0.1) is 11.8 Å². The van der Waals surface area contributed by atoms with E-state index in [0.29, 0.717) is 13.0 Å². The van der Waals surface area contributed by atoms with E-state index >= 15 is 0 Å². The topological polar surface area (TPSA) is 58.6 Å². The number of carbonyl (C=O) groups is 1. The molecule has 0 saturated carbocycles. The SMILES string of the molecule is CCSc1cc(O)c(CCNC(C)=O)cc1OC. The molecule has 0 aliphatic carbocycles. The van der Waals surface area contributed by atoms with E-state index in [1.807, 2.05) is 13.0 Å². The van der Waals surface area contributed by atoms with E-state index in [4.69, 9.17) is 4.74 Å². The van der Waals surface area contributed by atoms with Crippen LogP contribution in [0.3, 0.4) is 0 Å². The Kier molecular flexibility index (Phi) is 5.85. The maximum atomic E-state index is 10.8. The summed E-state index contributed by atoms with van der Waals surface area (Å²) in [4.78, 5) is 11.7. The van der Waals surface area contributed by atoms with Gasteiger partial charge in [-0.05, 0) is 29.9 Å². The van der Waals surface area contributed by atoms with Gasteiger partial charge in [-0.1, -0.05) is 6.92 Å². The number of benzene rings is 1. The molecule has 0 unspecified atom stereocenters. The molecular formula is C13H19NO3S. The van der Waals surface area contributed by atoms with Gasteiger partial charge in [0.2, 0.25) is 5.91 Å². The van der Waals surface area contributed by atoms with Crippen molar-refractivity contribution in [1.29, 1.82) is 0 Å². The molecule has 100 valence electrons. The standard InChI is InChI=1S/C13H19NO3S/c1-4-18-13-8-11(16)10(7-12(13)17-3)5-6-14-9(2)15/h7-8,16H,4-6H2,1-3H3,(H,14,15). The highest BCUT2D eigenvalue weighted by atomic mass is 32.2. The molecule has 0 atom stereocenters. The van der Waals surface area contributed by atoms with Gasteiger partial charge in [0.15, 0.2) is 0 Å². The second-order valence-corrected chi connectivity index (χ2v) is 5.10. The first-order chi connectivity index (χ1) is 8.58. The molecule has 18 heavy (non-hydrogen) atoms. The highest BCUT2D eigenvalue weighted by Crippen LogP contribution is 2.35. The van der Waals surface area contributed by atoms with E-state index in [2.05, 4.69) is 5.32 Å². The van der Waals surface area contributed by atoms with Crippen molar-refractivity contribution in [2.75, 3.05) is 19.4 Å². The number of hydrogen-bond donors (Lipinski definition) is 2. The summed E-state index contributed by atoms with van der Waals surface area (Å²) in [6.07, 6.45) is 0.582. The second-order valence-electron chi connectivity index (χ2n) is 3.80. The van der Waals surface area contributed by atoms with Crippen LogP contribution in [0, 0.1) is 0 Å². The average Bonchev–Trinajstić information content (AvgIpc) is 2.32. The minimum atomic E-state index is -0.0698. The number of phenols is 1. The second kappa shape index (κ2) is 7.16. The smallest absolute Gasteiger partial charge is 0.216 e. The molecule has 0 fully saturated rings. The van der Waals surface area contributed by atoms with E-state index in [1.54, 1.807) is 24.9 Å². The van der Waals surface area contributed by atoms with Crippen LogP contribution in [0.15, 0.2) is 17.0 Å². The molecule has 1 aromatic rings. The van der Waals surface area contributed by atoms with E-state index in [9.17, 15) is 9.90 Å². The number of methoxy groups -OCH3 is 1. The molecule has 2 N–H and O–H groups in total. The zero-order chi connectivity index (χ0) is 13.5. The highest BCUT2D eigenvalue weighted by molar-refractivity contribution is 7.99. The molecule has 0 bridgehead atoms. The Bertz CT molecular complexity index is 421. The number of thioether (sulfide) groups is 1. The van der Waals surface area contributed by atoms with Crippen LogP contribution in [-0.4, -0.2) is 30.4 Å². The largest absolute Gasteiger partial charge is 0.508 e. The number of carbonyl (C=O) groups excluding carboxylic acids is 1. The normalized spacial score (nSPS) is 10.2. The molecule has 0 aliphatic rings. The Labute approximate surface area is 112 Å². The maximum absolute atomic E-state index is 10.8. The molecule has 0 spiro atoms. The van der Waals surface area contributed by atoms with Crippen molar-refractivity contribution in [2.45, 2.75) is 25.2 Å². The van der Waals surface area contributed by atoms with Gasteiger partial charge in [0.1, 0.15) is 11.5 Å². The van der Waals surface area contributed by atoms with E-state index in [1.165, 1.54) is 6.92 Å². The number of hydrogen-bond acceptors (Lipinski definition) is 4. The Morgan fingerprint density at radius 3 is 2.78 bits per heavy atom. The van der Waals surface area contributed by atoms with Crippen LogP contribution in [0.5, 0.6) is 11.5 Å². The van der Waals surface area contributed by atoms with Gasteiger partial charge in [0.25, 0.3) is 0 Å². The quantitative estimate of drug-likeness (QED) is 0.777. The van der Waals surface area contributed by atoms with Crippen molar-refractivity contribution in [2.24, 2.45) is 0 Å². The summed E-state index contributed by atoms with van der Waals surface area (Å²) in [5.41, 5.74) is 0.779. The van der Waals surface area contributed by atoms with E-state index in [0.717, 1.165) is 22.0 Å². The van der Waals surface area contributed by atoms with E-state index < -0.39 is 0 Å². The number of amides is 1. The fraction of sp³-hybridized carbons (Fsp3) is 0.462.